The molecule has 0 radical (unpaired) electrons. The summed E-state index contributed by atoms with van der Waals surface area (Å²) in [5.74, 6) is -1.27. The maximum Gasteiger partial charge on any atom is 0.303 e. The van der Waals surface area contributed by atoms with Crippen molar-refractivity contribution in [2.24, 2.45) is 0 Å². The van der Waals surface area contributed by atoms with Crippen molar-refractivity contribution in [3.63, 3.8) is 0 Å². The third-order valence-electron chi connectivity index (χ3n) is 2.08. The summed E-state index contributed by atoms with van der Waals surface area (Å²) in [4.78, 5) is 14.1. The molecule has 5 heteroatoms. The lowest BCUT2D eigenvalue weighted by Gasteiger charge is -2.09. The summed E-state index contributed by atoms with van der Waals surface area (Å²) in [6.45, 7) is 1.67. The van der Waals surface area contributed by atoms with Crippen molar-refractivity contribution < 1.29 is 18.7 Å². The molecule has 1 heterocycles. The van der Waals surface area contributed by atoms with E-state index in [0.717, 1.165) is 6.20 Å². The quantitative estimate of drug-likeness (QED) is 0.839. The van der Waals surface area contributed by atoms with Crippen LogP contribution in [0.25, 0.3) is 0 Å². The Kier molecular flexibility index (Phi) is 3.71. The van der Waals surface area contributed by atoms with Gasteiger partial charge < -0.3 is 5.11 Å². The highest BCUT2D eigenvalue weighted by Crippen LogP contribution is 2.23. The number of halogens is 2. The molecule has 15 heavy (non-hydrogen) atoms. The fourth-order valence-electron chi connectivity index (χ4n) is 1.25. The van der Waals surface area contributed by atoms with Crippen LogP contribution in [0, 0.1) is 0 Å². The van der Waals surface area contributed by atoms with Gasteiger partial charge in [0.1, 0.15) is 0 Å². The number of pyridine rings is 1. The molecule has 0 bridgehead atoms. The lowest BCUT2D eigenvalue weighted by Crippen LogP contribution is -2.04. The number of alkyl halides is 2. The number of hydrogen-bond acceptors (Lipinski definition) is 2. The molecule has 0 saturated heterocycles. The van der Waals surface area contributed by atoms with Crippen molar-refractivity contribution in [1.29, 1.82) is 0 Å². The number of aromatic nitrogens is 1. The Labute approximate surface area is 85.8 Å². The predicted octanol–water partition coefficient (Wildman–Crippen LogP) is 2.60. The standard InChI is InChI=1S/C10H11F2NO2/c1-6(2-9(14)15)7-3-8(10(11)12)5-13-4-7/h3-6,10H,2H2,1H3,(H,14,15). The van der Waals surface area contributed by atoms with Gasteiger partial charge in [0.05, 0.1) is 6.42 Å². The molecule has 3 nitrogen and oxygen atoms in total. The van der Waals surface area contributed by atoms with Crippen LogP contribution in [-0.4, -0.2) is 16.1 Å². The Morgan fingerprint density at radius 3 is 2.60 bits per heavy atom. The van der Waals surface area contributed by atoms with Gasteiger partial charge in [-0.15, -0.1) is 0 Å². The highest BCUT2D eigenvalue weighted by Gasteiger charge is 2.13. The molecule has 82 valence electrons. The fourth-order valence-corrected chi connectivity index (χ4v) is 1.25. The molecule has 0 aliphatic heterocycles. The number of aliphatic carboxylic acids is 1. The zero-order valence-electron chi connectivity index (χ0n) is 8.15. The Morgan fingerprint density at radius 1 is 1.47 bits per heavy atom. The lowest BCUT2D eigenvalue weighted by atomic mass is 9.98. The third-order valence-corrected chi connectivity index (χ3v) is 2.08. The van der Waals surface area contributed by atoms with Gasteiger partial charge in [0.15, 0.2) is 0 Å². The van der Waals surface area contributed by atoms with Gasteiger partial charge in [-0.2, -0.15) is 0 Å². The Balaban J connectivity index is 2.85. The van der Waals surface area contributed by atoms with Crippen molar-refractivity contribution in [3.8, 4) is 0 Å². The monoisotopic (exact) mass is 215 g/mol. The van der Waals surface area contributed by atoms with E-state index in [-0.39, 0.29) is 17.9 Å². The molecular formula is C10H11F2NO2. The third kappa shape index (κ3) is 3.27. The normalized spacial score (nSPS) is 12.8. The molecule has 1 atom stereocenters. The molecular weight excluding hydrogens is 204 g/mol. The predicted molar refractivity (Wildman–Crippen MR) is 49.9 cm³/mol. The maximum atomic E-state index is 12.3. The first-order valence-electron chi connectivity index (χ1n) is 4.45. The summed E-state index contributed by atoms with van der Waals surface area (Å²) in [7, 11) is 0. The zero-order chi connectivity index (χ0) is 11.4. The molecule has 0 aromatic carbocycles. The Hall–Kier alpha value is -1.52. The largest absolute Gasteiger partial charge is 0.481 e. The molecule has 0 saturated carbocycles. The number of carboxylic acid groups (broad SMARTS) is 1. The lowest BCUT2D eigenvalue weighted by molar-refractivity contribution is -0.137. The van der Waals surface area contributed by atoms with Crippen molar-refractivity contribution in [3.05, 3.63) is 29.6 Å². The van der Waals surface area contributed by atoms with Gasteiger partial charge in [0.2, 0.25) is 0 Å². The molecule has 1 unspecified atom stereocenters. The van der Waals surface area contributed by atoms with Crippen LogP contribution < -0.4 is 0 Å². The van der Waals surface area contributed by atoms with Gasteiger partial charge in [-0.25, -0.2) is 8.78 Å². The summed E-state index contributed by atoms with van der Waals surface area (Å²) < 4.78 is 24.6. The van der Waals surface area contributed by atoms with E-state index in [0.29, 0.717) is 5.56 Å². The van der Waals surface area contributed by atoms with Crippen molar-refractivity contribution >= 4 is 5.97 Å². The minimum absolute atomic E-state index is 0.0889. The van der Waals surface area contributed by atoms with E-state index in [1.807, 2.05) is 0 Å². The molecule has 0 aliphatic carbocycles. The number of rotatable bonds is 4. The molecule has 1 rings (SSSR count). The number of carboxylic acids is 1. The van der Waals surface area contributed by atoms with E-state index in [9.17, 15) is 13.6 Å². The fraction of sp³-hybridized carbons (Fsp3) is 0.400. The van der Waals surface area contributed by atoms with Crippen LogP contribution in [0.2, 0.25) is 0 Å². The van der Waals surface area contributed by atoms with E-state index in [1.165, 1.54) is 12.3 Å². The molecule has 1 aromatic rings. The molecule has 0 aliphatic rings. The first-order chi connectivity index (χ1) is 7.00. The Morgan fingerprint density at radius 2 is 2.07 bits per heavy atom. The second-order valence-corrected chi connectivity index (χ2v) is 3.35. The summed E-state index contributed by atoms with van der Waals surface area (Å²) in [6, 6.07) is 1.30. The van der Waals surface area contributed by atoms with Crippen LogP contribution in [0.4, 0.5) is 8.78 Å². The minimum atomic E-state index is -2.57. The minimum Gasteiger partial charge on any atom is -0.481 e. The SMILES string of the molecule is CC(CC(=O)O)c1cncc(C(F)F)c1. The van der Waals surface area contributed by atoms with E-state index in [2.05, 4.69) is 4.98 Å². The van der Waals surface area contributed by atoms with E-state index < -0.39 is 12.4 Å². The second-order valence-electron chi connectivity index (χ2n) is 3.35. The first-order valence-corrected chi connectivity index (χ1v) is 4.45. The van der Waals surface area contributed by atoms with Crippen molar-refractivity contribution in [2.75, 3.05) is 0 Å². The smallest absolute Gasteiger partial charge is 0.303 e. The van der Waals surface area contributed by atoms with E-state index in [4.69, 9.17) is 5.11 Å². The number of carbonyl (C=O) groups is 1. The summed E-state index contributed by atoms with van der Waals surface area (Å²) in [5, 5.41) is 8.56. The molecule has 0 spiro atoms. The van der Waals surface area contributed by atoms with Crippen molar-refractivity contribution in [1.82, 2.24) is 4.98 Å². The van der Waals surface area contributed by atoms with Gasteiger partial charge in [-0.3, -0.25) is 9.78 Å². The Bertz CT molecular complexity index is 355. The van der Waals surface area contributed by atoms with Crippen LogP contribution >= 0.6 is 0 Å². The topological polar surface area (TPSA) is 50.2 Å². The summed E-state index contributed by atoms with van der Waals surface area (Å²) >= 11 is 0. The highest BCUT2D eigenvalue weighted by molar-refractivity contribution is 5.67. The molecule has 1 aromatic heterocycles. The van der Waals surface area contributed by atoms with Gasteiger partial charge in [-0.05, 0) is 17.5 Å². The number of hydrogen-bond donors (Lipinski definition) is 1. The van der Waals surface area contributed by atoms with Gasteiger partial charge in [0.25, 0.3) is 6.43 Å². The number of nitrogens with zero attached hydrogens (tertiary/aromatic N) is 1. The first kappa shape index (κ1) is 11.6. The van der Waals surface area contributed by atoms with Crippen LogP contribution in [-0.2, 0) is 4.79 Å². The summed E-state index contributed by atoms with van der Waals surface area (Å²) in [5.41, 5.74) is 0.347. The maximum absolute atomic E-state index is 12.3. The summed E-state index contributed by atoms with van der Waals surface area (Å²) in [6.07, 6.45) is -0.162. The molecule has 0 amide bonds. The van der Waals surface area contributed by atoms with Gasteiger partial charge >= 0.3 is 5.97 Å². The molecule has 1 N–H and O–H groups in total. The zero-order valence-corrected chi connectivity index (χ0v) is 8.15. The van der Waals surface area contributed by atoms with Crippen molar-refractivity contribution in [2.45, 2.75) is 25.7 Å². The van der Waals surface area contributed by atoms with E-state index >= 15 is 0 Å². The van der Waals surface area contributed by atoms with Gasteiger partial charge in [0, 0.05) is 18.0 Å². The molecule has 0 fully saturated rings. The average molecular weight is 215 g/mol. The van der Waals surface area contributed by atoms with Crippen LogP contribution in [0.3, 0.4) is 0 Å². The second kappa shape index (κ2) is 4.82. The van der Waals surface area contributed by atoms with E-state index in [1.54, 1.807) is 6.92 Å². The van der Waals surface area contributed by atoms with Crippen LogP contribution in [0.5, 0.6) is 0 Å². The van der Waals surface area contributed by atoms with Crippen LogP contribution in [0.15, 0.2) is 18.5 Å². The van der Waals surface area contributed by atoms with Crippen LogP contribution in [0.1, 0.15) is 36.8 Å². The highest BCUT2D eigenvalue weighted by atomic mass is 19.3. The average Bonchev–Trinajstić information content (AvgIpc) is 2.17. The van der Waals surface area contributed by atoms with Gasteiger partial charge in [-0.1, -0.05) is 6.92 Å².